The van der Waals surface area contributed by atoms with Gasteiger partial charge in [-0.1, -0.05) is 96.5 Å². The van der Waals surface area contributed by atoms with Gasteiger partial charge in [-0.25, -0.2) is 0 Å². The second kappa shape index (κ2) is 8.34. The number of hydrogen-bond acceptors (Lipinski definition) is 0. The van der Waals surface area contributed by atoms with Crippen LogP contribution < -0.4 is 5.46 Å². The first-order valence-corrected chi connectivity index (χ1v) is 14.3. The first kappa shape index (κ1) is 22.0. The molecule has 3 heterocycles. The molecule has 0 atom stereocenters. The Hall–Kier alpha value is -4.82. The quantitative estimate of drug-likeness (QED) is 0.206. The summed E-state index contributed by atoms with van der Waals surface area (Å²) in [6.45, 7) is 0.537. The van der Waals surface area contributed by atoms with E-state index in [1.807, 2.05) is 0 Å². The fourth-order valence-electron chi connectivity index (χ4n) is 7.44. The fourth-order valence-corrected chi connectivity index (χ4v) is 7.44. The normalized spacial score (nSPS) is 13.2. The number of fused-ring (bicyclic) bond motifs is 7. The van der Waals surface area contributed by atoms with Crippen molar-refractivity contribution in [2.24, 2.45) is 0 Å². The van der Waals surface area contributed by atoms with Crippen LogP contribution in [-0.4, -0.2) is 11.3 Å². The summed E-state index contributed by atoms with van der Waals surface area (Å²) in [5.41, 5.74) is 16.4. The molecule has 0 amide bonds. The summed E-state index contributed by atoms with van der Waals surface area (Å²) >= 11 is 0. The van der Waals surface area contributed by atoms with E-state index in [9.17, 15) is 0 Å². The zero-order valence-electron chi connectivity index (χ0n) is 22.1. The molecule has 0 fully saturated rings. The SMILES string of the molecule is c1ccc(-n2c3ccccc3c3cc(-c4cc5c6c(c4)-c4ccccc4CB6Cc4ccccc4-5)ccc32)cc1. The van der Waals surface area contributed by atoms with E-state index in [0.717, 1.165) is 12.6 Å². The number of hydrogen-bond donors (Lipinski definition) is 0. The molecule has 6 aromatic carbocycles. The molecule has 0 saturated carbocycles. The maximum atomic E-state index is 2.47. The van der Waals surface area contributed by atoms with Gasteiger partial charge in [0.05, 0.1) is 11.0 Å². The molecule has 40 heavy (non-hydrogen) atoms. The van der Waals surface area contributed by atoms with Crippen molar-refractivity contribution in [2.45, 2.75) is 12.6 Å². The molecular weight excluding hydrogens is 481 g/mol. The second-order valence-electron chi connectivity index (χ2n) is 11.3. The molecule has 1 aromatic heterocycles. The van der Waals surface area contributed by atoms with Gasteiger partial charge in [0.15, 0.2) is 6.71 Å². The summed E-state index contributed by atoms with van der Waals surface area (Å²) < 4.78 is 2.39. The highest BCUT2D eigenvalue weighted by Gasteiger charge is 2.34. The highest BCUT2D eigenvalue weighted by atomic mass is 15.0. The fraction of sp³-hybridized carbons (Fsp3) is 0.0526. The van der Waals surface area contributed by atoms with Crippen molar-refractivity contribution in [1.82, 2.24) is 4.57 Å². The zero-order valence-corrected chi connectivity index (χ0v) is 22.1. The van der Waals surface area contributed by atoms with Crippen LogP contribution in [0.25, 0.3) is 60.9 Å². The average Bonchev–Trinajstić information content (AvgIpc) is 3.35. The van der Waals surface area contributed by atoms with Gasteiger partial charge in [-0.2, -0.15) is 0 Å². The van der Waals surface area contributed by atoms with Crippen LogP contribution in [0, 0.1) is 0 Å². The maximum absolute atomic E-state index is 2.47. The molecule has 0 unspecified atom stereocenters. The molecule has 2 aliphatic heterocycles. The van der Waals surface area contributed by atoms with Gasteiger partial charge in [0.2, 0.25) is 0 Å². The second-order valence-corrected chi connectivity index (χ2v) is 11.3. The van der Waals surface area contributed by atoms with Gasteiger partial charge in [-0.3, -0.25) is 0 Å². The lowest BCUT2D eigenvalue weighted by Crippen LogP contribution is -2.43. The molecule has 2 aliphatic rings. The summed E-state index contributed by atoms with van der Waals surface area (Å²) in [5, 5.41) is 2.58. The number of rotatable bonds is 2. The molecule has 0 N–H and O–H groups in total. The van der Waals surface area contributed by atoms with Crippen LogP contribution in [0.4, 0.5) is 0 Å². The Balaban J connectivity index is 1.32. The molecule has 186 valence electrons. The molecule has 0 saturated heterocycles. The van der Waals surface area contributed by atoms with E-state index < -0.39 is 0 Å². The van der Waals surface area contributed by atoms with E-state index >= 15 is 0 Å². The van der Waals surface area contributed by atoms with Crippen LogP contribution in [0.1, 0.15) is 11.1 Å². The standard InChI is InChI=1S/C38H26BN/c1-2-12-29(13-3-1)40-36-17-9-8-16-32(36)33-20-25(18-19-37(33)40)28-21-34-30-14-6-4-10-26(30)23-39-24-27-11-5-7-15-31(27)35(22-28)38(34)39/h1-22H,23-24H2. The van der Waals surface area contributed by atoms with Gasteiger partial charge in [0.25, 0.3) is 0 Å². The van der Waals surface area contributed by atoms with Crippen molar-refractivity contribution in [3.8, 4) is 39.1 Å². The largest absolute Gasteiger partial charge is 0.309 e. The van der Waals surface area contributed by atoms with Crippen LogP contribution >= 0.6 is 0 Å². The van der Waals surface area contributed by atoms with Crippen molar-refractivity contribution in [2.75, 3.05) is 0 Å². The topological polar surface area (TPSA) is 4.93 Å². The number of nitrogens with zero attached hydrogens (tertiary/aromatic N) is 1. The van der Waals surface area contributed by atoms with Crippen LogP contribution in [0.5, 0.6) is 0 Å². The van der Waals surface area contributed by atoms with Crippen LogP contribution in [-0.2, 0) is 12.6 Å². The molecule has 0 bridgehead atoms. The van der Waals surface area contributed by atoms with Gasteiger partial charge in [0.1, 0.15) is 0 Å². The smallest absolute Gasteiger partial charge is 0.186 e. The van der Waals surface area contributed by atoms with Crippen molar-refractivity contribution in [3.63, 3.8) is 0 Å². The molecular formula is C38H26BN. The lowest BCUT2D eigenvalue weighted by molar-refractivity contribution is 1.18. The van der Waals surface area contributed by atoms with Crippen molar-refractivity contribution < 1.29 is 0 Å². The number of aromatic nitrogens is 1. The van der Waals surface area contributed by atoms with E-state index in [1.54, 1.807) is 5.46 Å². The minimum Gasteiger partial charge on any atom is -0.309 e. The van der Waals surface area contributed by atoms with E-state index in [1.165, 1.54) is 72.0 Å². The molecule has 7 aromatic rings. The predicted molar refractivity (Wildman–Crippen MR) is 170 cm³/mol. The lowest BCUT2D eigenvalue weighted by atomic mass is 9.33. The monoisotopic (exact) mass is 507 g/mol. The van der Waals surface area contributed by atoms with Gasteiger partial charge in [0, 0.05) is 16.5 Å². The Kier molecular flexibility index (Phi) is 4.60. The van der Waals surface area contributed by atoms with Crippen molar-refractivity contribution >= 4 is 34.0 Å². The van der Waals surface area contributed by atoms with Crippen LogP contribution in [0.15, 0.2) is 133 Å². The maximum Gasteiger partial charge on any atom is 0.186 e. The Morgan fingerprint density at radius 1 is 0.450 bits per heavy atom. The third-order valence-corrected chi connectivity index (χ3v) is 9.16. The Bertz CT molecular complexity index is 2050. The summed E-state index contributed by atoms with van der Waals surface area (Å²) in [6, 6.07) is 49.5. The molecule has 0 aliphatic carbocycles. The van der Waals surface area contributed by atoms with Crippen LogP contribution in [0.2, 0.25) is 0 Å². The van der Waals surface area contributed by atoms with E-state index in [0.29, 0.717) is 6.71 Å². The molecule has 1 nitrogen and oxygen atoms in total. The highest BCUT2D eigenvalue weighted by Crippen LogP contribution is 2.41. The first-order chi connectivity index (χ1) is 19.8. The molecule has 0 spiro atoms. The average molecular weight is 507 g/mol. The minimum atomic E-state index is 0.537. The summed E-state index contributed by atoms with van der Waals surface area (Å²) in [7, 11) is 0. The minimum absolute atomic E-state index is 0.537. The van der Waals surface area contributed by atoms with Gasteiger partial charge < -0.3 is 4.57 Å². The lowest BCUT2D eigenvalue weighted by Gasteiger charge is -2.33. The van der Waals surface area contributed by atoms with Gasteiger partial charge in [-0.15, -0.1) is 0 Å². The summed E-state index contributed by atoms with van der Waals surface area (Å²) in [6.07, 6.45) is 2.24. The third-order valence-electron chi connectivity index (χ3n) is 9.16. The first-order valence-electron chi connectivity index (χ1n) is 14.3. The Morgan fingerprint density at radius 3 is 1.77 bits per heavy atom. The molecule has 9 rings (SSSR count). The van der Waals surface area contributed by atoms with E-state index in [2.05, 4.69) is 138 Å². The van der Waals surface area contributed by atoms with E-state index in [-0.39, 0.29) is 0 Å². The number of benzene rings is 6. The van der Waals surface area contributed by atoms with Crippen molar-refractivity contribution in [1.29, 1.82) is 0 Å². The molecule has 2 heteroatoms. The third kappa shape index (κ3) is 3.11. The Labute approximate surface area is 234 Å². The summed E-state index contributed by atoms with van der Waals surface area (Å²) in [5.74, 6) is 0. The Morgan fingerprint density at radius 2 is 1.05 bits per heavy atom. The predicted octanol–water partition coefficient (Wildman–Crippen LogP) is 8.68. The van der Waals surface area contributed by atoms with E-state index in [4.69, 9.17) is 0 Å². The number of para-hydroxylation sites is 2. The zero-order chi connectivity index (χ0) is 26.2. The summed E-state index contributed by atoms with van der Waals surface area (Å²) in [4.78, 5) is 0. The van der Waals surface area contributed by atoms with Crippen LogP contribution in [0.3, 0.4) is 0 Å². The van der Waals surface area contributed by atoms with Gasteiger partial charge in [-0.05, 0) is 99.6 Å². The molecule has 0 radical (unpaired) electrons. The van der Waals surface area contributed by atoms with Gasteiger partial charge >= 0.3 is 0 Å². The highest BCUT2D eigenvalue weighted by molar-refractivity contribution is 6.76. The van der Waals surface area contributed by atoms with Crippen molar-refractivity contribution in [3.05, 3.63) is 145 Å².